The smallest absolute Gasteiger partial charge is 0.340 e. The Morgan fingerprint density at radius 3 is 2.10 bits per heavy atom. The second kappa shape index (κ2) is 9.10. The van der Waals surface area contributed by atoms with Gasteiger partial charge in [0, 0.05) is 6.61 Å². The number of nitrogens with zero attached hydrogens (tertiary/aromatic N) is 1. The van der Waals surface area contributed by atoms with Crippen LogP contribution in [0.3, 0.4) is 0 Å². The van der Waals surface area contributed by atoms with Crippen LogP contribution in [0.5, 0.6) is 23.0 Å². The highest BCUT2D eigenvalue weighted by atomic mass is 16.6. The number of hydrogen-bond donors (Lipinski definition) is 0. The van der Waals surface area contributed by atoms with E-state index in [1.54, 1.807) is 19.1 Å². The van der Waals surface area contributed by atoms with Crippen molar-refractivity contribution in [1.82, 2.24) is 0 Å². The van der Waals surface area contributed by atoms with Crippen LogP contribution in [-0.4, -0.2) is 25.3 Å². The summed E-state index contributed by atoms with van der Waals surface area (Å²) in [7, 11) is 0. The Balaban J connectivity index is 1.88. The van der Waals surface area contributed by atoms with Crippen molar-refractivity contribution in [2.45, 2.75) is 26.9 Å². The lowest BCUT2D eigenvalue weighted by atomic mass is 10.1. The molecule has 0 aromatic heterocycles. The van der Waals surface area contributed by atoms with Crippen molar-refractivity contribution in [1.29, 1.82) is 0 Å². The molecule has 0 N–H and O–H groups in total. The maximum Gasteiger partial charge on any atom is 0.340 e. The molecule has 31 heavy (non-hydrogen) atoms. The Hall–Kier alpha value is -3.51. The van der Waals surface area contributed by atoms with Gasteiger partial charge in [0.2, 0.25) is 0 Å². The monoisotopic (exact) mass is 419 g/mol. The number of ether oxygens (including phenoxy) is 4. The van der Waals surface area contributed by atoms with Gasteiger partial charge in [-0.2, -0.15) is 0 Å². The number of para-hydroxylation sites is 5. The van der Waals surface area contributed by atoms with E-state index in [9.17, 15) is 4.79 Å². The first-order chi connectivity index (χ1) is 15.1. The van der Waals surface area contributed by atoms with Gasteiger partial charge < -0.3 is 18.9 Å². The summed E-state index contributed by atoms with van der Waals surface area (Å²) in [6, 6.07) is 20.9. The molecule has 0 radical (unpaired) electrons. The van der Waals surface area contributed by atoms with Crippen molar-refractivity contribution in [2.24, 2.45) is 0 Å². The quantitative estimate of drug-likeness (QED) is 0.271. The fraction of sp³-hybridized carbons (Fsp3) is 0.240. The normalized spacial score (nSPS) is 12.9. The first kappa shape index (κ1) is 20.8. The van der Waals surface area contributed by atoms with Gasteiger partial charge in [-0.3, -0.25) is 4.90 Å². The summed E-state index contributed by atoms with van der Waals surface area (Å²) >= 11 is 0. The fourth-order valence-electron chi connectivity index (χ4n) is 3.53. The minimum absolute atomic E-state index is 0.383. The Bertz CT molecular complexity index is 1040. The summed E-state index contributed by atoms with van der Waals surface area (Å²) in [5.41, 5.74) is 2.27. The first-order valence-corrected chi connectivity index (χ1v) is 10.4. The number of fused-ring (bicyclic) bond motifs is 2. The van der Waals surface area contributed by atoms with Crippen LogP contribution in [-0.2, 0) is 9.53 Å². The lowest BCUT2D eigenvalue weighted by molar-refractivity contribution is -0.145. The number of carbonyl (C=O) groups excluding carboxylic acids is 1. The van der Waals surface area contributed by atoms with Gasteiger partial charge in [-0.25, -0.2) is 4.79 Å². The van der Waals surface area contributed by atoms with E-state index < -0.39 is 12.1 Å². The van der Waals surface area contributed by atoms with Crippen LogP contribution < -0.4 is 19.1 Å². The van der Waals surface area contributed by atoms with Gasteiger partial charge in [0.05, 0.1) is 18.0 Å². The molecular weight excluding hydrogens is 394 g/mol. The van der Waals surface area contributed by atoms with E-state index in [0.29, 0.717) is 41.9 Å². The molecule has 0 spiro atoms. The van der Waals surface area contributed by atoms with Gasteiger partial charge in [-0.15, -0.1) is 0 Å². The summed E-state index contributed by atoms with van der Waals surface area (Å²) in [6.07, 6.45) is -0.683. The number of esters is 1. The number of hydrogen-bond acceptors (Lipinski definition) is 6. The average Bonchev–Trinajstić information content (AvgIpc) is 2.78. The lowest BCUT2D eigenvalue weighted by Gasteiger charge is -2.34. The zero-order valence-corrected chi connectivity index (χ0v) is 17.8. The standard InChI is InChI=1S/C25H25NO5/c1-4-28-17(3)25(27)31-23-16-10-15-22(29-5-2)24(23)26-18-11-6-8-13-20(18)30-21-14-9-7-12-19(21)26/h6-17H,4-5H2,1-3H3. The van der Waals surface area contributed by atoms with Gasteiger partial charge in [-0.05, 0) is 57.2 Å². The number of carbonyl (C=O) groups is 1. The Kier molecular flexibility index (Phi) is 6.09. The van der Waals surface area contributed by atoms with Crippen molar-refractivity contribution in [3.8, 4) is 23.0 Å². The largest absolute Gasteiger partial charge is 0.492 e. The molecule has 1 unspecified atom stereocenters. The second-order valence-electron chi connectivity index (χ2n) is 6.93. The molecule has 1 heterocycles. The third kappa shape index (κ3) is 4.07. The number of benzene rings is 3. The molecule has 6 heteroatoms. The molecule has 0 saturated carbocycles. The summed E-state index contributed by atoms with van der Waals surface area (Å²) < 4.78 is 23.3. The molecule has 1 atom stereocenters. The van der Waals surface area contributed by atoms with Crippen molar-refractivity contribution in [3.63, 3.8) is 0 Å². The maximum absolute atomic E-state index is 12.7. The molecule has 0 fully saturated rings. The summed E-state index contributed by atoms with van der Waals surface area (Å²) in [4.78, 5) is 14.7. The highest BCUT2D eigenvalue weighted by Crippen LogP contribution is 2.54. The van der Waals surface area contributed by atoms with Crippen LogP contribution in [0.4, 0.5) is 17.1 Å². The summed E-state index contributed by atoms with van der Waals surface area (Å²) in [5.74, 6) is 1.92. The molecule has 0 aliphatic carbocycles. The molecule has 3 aromatic carbocycles. The summed E-state index contributed by atoms with van der Waals surface area (Å²) in [5, 5.41) is 0. The van der Waals surface area contributed by atoms with Crippen LogP contribution in [0.15, 0.2) is 66.7 Å². The minimum atomic E-state index is -0.683. The van der Waals surface area contributed by atoms with Crippen LogP contribution in [0.25, 0.3) is 0 Å². The molecule has 160 valence electrons. The number of anilines is 3. The lowest BCUT2D eigenvalue weighted by Crippen LogP contribution is -2.27. The predicted octanol–water partition coefficient (Wildman–Crippen LogP) is 5.99. The van der Waals surface area contributed by atoms with Crippen molar-refractivity contribution in [2.75, 3.05) is 18.1 Å². The molecule has 0 bridgehead atoms. The van der Waals surface area contributed by atoms with Gasteiger partial charge >= 0.3 is 5.97 Å². The van der Waals surface area contributed by atoms with Gasteiger partial charge in [-0.1, -0.05) is 30.3 Å². The minimum Gasteiger partial charge on any atom is -0.492 e. The van der Waals surface area contributed by atoms with E-state index in [0.717, 1.165) is 11.4 Å². The molecule has 3 aromatic rings. The van der Waals surface area contributed by atoms with E-state index >= 15 is 0 Å². The number of rotatable bonds is 7. The molecule has 0 saturated heterocycles. The molecule has 6 nitrogen and oxygen atoms in total. The SMILES string of the molecule is CCOc1cccc(OC(=O)C(C)OCC)c1N1c2ccccc2Oc2ccccc21. The molecular formula is C25H25NO5. The van der Waals surface area contributed by atoms with E-state index in [1.807, 2.05) is 73.3 Å². The highest BCUT2D eigenvalue weighted by Gasteiger charge is 2.31. The Morgan fingerprint density at radius 1 is 0.871 bits per heavy atom. The molecule has 0 amide bonds. The van der Waals surface area contributed by atoms with Crippen LogP contribution >= 0.6 is 0 Å². The van der Waals surface area contributed by atoms with Crippen molar-refractivity contribution >= 4 is 23.0 Å². The highest BCUT2D eigenvalue weighted by molar-refractivity contribution is 5.92. The third-order valence-electron chi connectivity index (χ3n) is 4.88. The predicted molar refractivity (Wildman–Crippen MR) is 119 cm³/mol. The van der Waals surface area contributed by atoms with E-state index in [-0.39, 0.29) is 0 Å². The van der Waals surface area contributed by atoms with E-state index in [1.165, 1.54) is 0 Å². The zero-order chi connectivity index (χ0) is 21.8. The van der Waals surface area contributed by atoms with Crippen LogP contribution in [0, 0.1) is 0 Å². The fourth-order valence-corrected chi connectivity index (χ4v) is 3.53. The second-order valence-corrected chi connectivity index (χ2v) is 6.93. The molecule has 1 aliphatic heterocycles. The van der Waals surface area contributed by atoms with E-state index in [4.69, 9.17) is 18.9 Å². The van der Waals surface area contributed by atoms with Crippen LogP contribution in [0.1, 0.15) is 20.8 Å². The Morgan fingerprint density at radius 2 is 1.48 bits per heavy atom. The third-order valence-corrected chi connectivity index (χ3v) is 4.88. The van der Waals surface area contributed by atoms with Gasteiger partial charge in [0.15, 0.2) is 23.4 Å². The van der Waals surface area contributed by atoms with Crippen molar-refractivity contribution in [3.05, 3.63) is 66.7 Å². The zero-order valence-electron chi connectivity index (χ0n) is 17.8. The topological polar surface area (TPSA) is 57.2 Å². The maximum atomic E-state index is 12.7. The Labute approximate surface area is 181 Å². The molecule has 4 rings (SSSR count). The van der Waals surface area contributed by atoms with Crippen molar-refractivity contribution < 1.29 is 23.7 Å². The van der Waals surface area contributed by atoms with Gasteiger partial charge in [0.1, 0.15) is 11.4 Å². The first-order valence-electron chi connectivity index (χ1n) is 10.4. The summed E-state index contributed by atoms with van der Waals surface area (Å²) in [6.45, 7) is 6.32. The average molecular weight is 419 g/mol. The van der Waals surface area contributed by atoms with Crippen LogP contribution in [0.2, 0.25) is 0 Å². The molecule has 1 aliphatic rings. The van der Waals surface area contributed by atoms with E-state index in [2.05, 4.69) is 0 Å². The van der Waals surface area contributed by atoms with Gasteiger partial charge in [0.25, 0.3) is 0 Å².